The molecule has 0 aliphatic heterocycles. The lowest BCUT2D eigenvalue weighted by atomic mass is 9.96. The van der Waals surface area contributed by atoms with Crippen LogP contribution in [0.5, 0.6) is 0 Å². The van der Waals surface area contributed by atoms with Gasteiger partial charge in [-0.2, -0.15) is 0 Å². The molecule has 1 saturated carbocycles. The van der Waals surface area contributed by atoms with Crippen LogP contribution in [0.2, 0.25) is 0 Å². The standard InChI is InChI=1S/C21H26N4O4/c1-12-13(2)23-18-11-15(9-10-17(18)22-12)20(27)29-14(3)19(26)25-21(28)24-16-7-5-4-6-8-16/h9-11,14,16H,4-8H2,1-3H3,(H2,24,25,26,28)/t14-/m1/s1. The Morgan fingerprint density at radius 1 is 1.03 bits per heavy atom. The number of urea groups is 1. The molecule has 3 rings (SSSR count). The highest BCUT2D eigenvalue weighted by Gasteiger charge is 2.23. The van der Waals surface area contributed by atoms with Gasteiger partial charge in [-0.25, -0.2) is 19.6 Å². The second kappa shape index (κ2) is 8.98. The van der Waals surface area contributed by atoms with Crippen molar-refractivity contribution >= 4 is 28.9 Å². The lowest BCUT2D eigenvalue weighted by Crippen LogP contribution is -2.48. The molecular formula is C21H26N4O4. The average Bonchev–Trinajstić information content (AvgIpc) is 2.69. The Hall–Kier alpha value is -3.03. The van der Waals surface area contributed by atoms with Crippen molar-refractivity contribution in [3.8, 4) is 0 Å². The van der Waals surface area contributed by atoms with Gasteiger partial charge in [-0.05, 0) is 51.8 Å². The van der Waals surface area contributed by atoms with E-state index in [-0.39, 0.29) is 11.6 Å². The molecule has 3 amide bonds. The maximum Gasteiger partial charge on any atom is 0.338 e. The van der Waals surface area contributed by atoms with Crippen molar-refractivity contribution in [1.29, 1.82) is 0 Å². The molecule has 0 radical (unpaired) electrons. The maximum atomic E-state index is 12.4. The van der Waals surface area contributed by atoms with Crippen LogP contribution in [0.1, 0.15) is 60.8 Å². The van der Waals surface area contributed by atoms with Gasteiger partial charge in [-0.15, -0.1) is 0 Å². The number of ether oxygens (including phenoxy) is 1. The second-order valence-electron chi connectivity index (χ2n) is 7.44. The van der Waals surface area contributed by atoms with Crippen molar-refractivity contribution in [2.45, 2.75) is 65.0 Å². The molecule has 29 heavy (non-hydrogen) atoms. The van der Waals surface area contributed by atoms with Gasteiger partial charge in [0, 0.05) is 6.04 Å². The van der Waals surface area contributed by atoms with Crippen molar-refractivity contribution in [1.82, 2.24) is 20.6 Å². The van der Waals surface area contributed by atoms with E-state index in [1.54, 1.807) is 18.2 Å². The summed E-state index contributed by atoms with van der Waals surface area (Å²) in [5.74, 6) is -1.33. The molecule has 1 fully saturated rings. The first-order chi connectivity index (χ1) is 13.8. The lowest BCUT2D eigenvalue weighted by Gasteiger charge is -2.23. The van der Waals surface area contributed by atoms with Gasteiger partial charge in [0.2, 0.25) is 0 Å². The zero-order valence-electron chi connectivity index (χ0n) is 16.9. The van der Waals surface area contributed by atoms with E-state index in [4.69, 9.17) is 4.74 Å². The number of nitrogens with one attached hydrogen (secondary N) is 2. The summed E-state index contributed by atoms with van der Waals surface area (Å²) in [7, 11) is 0. The van der Waals surface area contributed by atoms with Crippen molar-refractivity contribution < 1.29 is 19.1 Å². The minimum atomic E-state index is -1.11. The quantitative estimate of drug-likeness (QED) is 0.766. The fraction of sp³-hybridized carbons (Fsp3) is 0.476. The number of carbonyl (C=O) groups excluding carboxylic acids is 3. The second-order valence-corrected chi connectivity index (χ2v) is 7.44. The highest BCUT2D eigenvalue weighted by atomic mass is 16.5. The van der Waals surface area contributed by atoms with Gasteiger partial charge in [0.15, 0.2) is 6.10 Å². The Morgan fingerprint density at radius 3 is 2.38 bits per heavy atom. The van der Waals surface area contributed by atoms with Gasteiger partial charge >= 0.3 is 12.0 Å². The number of rotatable bonds is 4. The van der Waals surface area contributed by atoms with E-state index in [9.17, 15) is 14.4 Å². The summed E-state index contributed by atoms with van der Waals surface area (Å²) < 4.78 is 5.21. The molecule has 0 spiro atoms. The summed E-state index contributed by atoms with van der Waals surface area (Å²) >= 11 is 0. The Bertz CT molecular complexity index is 938. The van der Waals surface area contributed by atoms with Crippen LogP contribution in [-0.4, -0.2) is 40.0 Å². The smallest absolute Gasteiger partial charge is 0.338 e. The Morgan fingerprint density at radius 2 is 1.69 bits per heavy atom. The Balaban J connectivity index is 1.57. The number of esters is 1. The van der Waals surface area contributed by atoms with E-state index in [2.05, 4.69) is 20.6 Å². The molecule has 8 heteroatoms. The van der Waals surface area contributed by atoms with E-state index >= 15 is 0 Å². The number of amides is 3. The summed E-state index contributed by atoms with van der Waals surface area (Å²) in [6.07, 6.45) is 4.03. The molecular weight excluding hydrogens is 372 g/mol. The first-order valence-electron chi connectivity index (χ1n) is 9.91. The fourth-order valence-corrected chi connectivity index (χ4v) is 3.32. The number of aromatic nitrogens is 2. The maximum absolute atomic E-state index is 12.4. The Kier molecular flexibility index (Phi) is 6.41. The predicted octanol–water partition coefficient (Wildman–Crippen LogP) is 2.95. The minimum absolute atomic E-state index is 0.0835. The number of carbonyl (C=O) groups is 3. The van der Waals surface area contributed by atoms with Crippen LogP contribution in [-0.2, 0) is 9.53 Å². The summed E-state index contributed by atoms with van der Waals surface area (Å²) in [5.41, 5.74) is 3.12. The van der Waals surface area contributed by atoms with Crippen molar-refractivity contribution in [2.75, 3.05) is 0 Å². The fourth-order valence-electron chi connectivity index (χ4n) is 3.32. The minimum Gasteiger partial charge on any atom is -0.449 e. The molecule has 1 aromatic heterocycles. The highest BCUT2D eigenvalue weighted by Crippen LogP contribution is 2.17. The number of benzene rings is 1. The summed E-state index contributed by atoms with van der Waals surface area (Å²) in [6.45, 7) is 5.14. The van der Waals surface area contributed by atoms with Crippen LogP contribution in [0.25, 0.3) is 11.0 Å². The molecule has 1 aliphatic rings. The molecule has 1 atom stereocenters. The van der Waals surface area contributed by atoms with Gasteiger partial charge in [0.1, 0.15) is 0 Å². The van der Waals surface area contributed by atoms with Crippen LogP contribution in [0.15, 0.2) is 18.2 Å². The number of hydrogen-bond acceptors (Lipinski definition) is 6. The predicted molar refractivity (Wildman–Crippen MR) is 107 cm³/mol. The molecule has 2 aromatic rings. The first kappa shape index (κ1) is 20.7. The molecule has 8 nitrogen and oxygen atoms in total. The van der Waals surface area contributed by atoms with Crippen LogP contribution in [0.3, 0.4) is 0 Å². The SMILES string of the molecule is Cc1nc2ccc(C(=O)O[C@H](C)C(=O)NC(=O)NC3CCCCC3)cc2nc1C. The van der Waals surface area contributed by atoms with E-state index in [0.29, 0.717) is 11.0 Å². The molecule has 0 saturated heterocycles. The average molecular weight is 398 g/mol. The van der Waals surface area contributed by atoms with Gasteiger partial charge in [-0.3, -0.25) is 10.1 Å². The van der Waals surface area contributed by atoms with Crippen molar-refractivity contribution in [3.63, 3.8) is 0 Å². The molecule has 0 unspecified atom stereocenters. The summed E-state index contributed by atoms with van der Waals surface area (Å²) in [6, 6.07) is 4.37. The molecule has 2 N–H and O–H groups in total. The topological polar surface area (TPSA) is 110 Å². The van der Waals surface area contributed by atoms with Crippen molar-refractivity contribution in [3.05, 3.63) is 35.2 Å². The molecule has 1 heterocycles. The third-order valence-corrected chi connectivity index (χ3v) is 5.14. The van der Waals surface area contributed by atoms with E-state index in [1.807, 2.05) is 13.8 Å². The molecule has 1 aliphatic carbocycles. The van der Waals surface area contributed by atoms with Crippen LogP contribution in [0.4, 0.5) is 4.79 Å². The monoisotopic (exact) mass is 398 g/mol. The summed E-state index contributed by atoms with van der Waals surface area (Å²) in [5, 5.41) is 5.03. The van der Waals surface area contributed by atoms with E-state index in [0.717, 1.165) is 37.1 Å². The zero-order valence-corrected chi connectivity index (χ0v) is 16.9. The number of hydrogen-bond donors (Lipinski definition) is 2. The Labute approximate surface area is 169 Å². The molecule has 0 bridgehead atoms. The van der Waals surface area contributed by atoms with Gasteiger partial charge < -0.3 is 10.1 Å². The summed E-state index contributed by atoms with van der Waals surface area (Å²) in [4.78, 5) is 45.4. The normalized spacial score (nSPS) is 15.6. The van der Waals surface area contributed by atoms with E-state index < -0.39 is 24.0 Å². The molecule has 154 valence electrons. The highest BCUT2D eigenvalue weighted by molar-refractivity contribution is 5.99. The third kappa shape index (κ3) is 5.28. The van der Waals surface area contributed by atoms with E-state index in [1.165, 1.54) is 13.3 Å². The van der Waals surface area contributed by atoms with Crippen molar-refractivity contribution in [2.24, 2.45) is 0 Å². The van der Waals surface area contributed by atoms with Gasteiger partial charge in [0.25, 0.3) is 5.91 Å². The first-order valence-corrected chi connectivity index (χ1v) is 9.91. The van der Waals surface area contributed by atoms with Gasteiger partial charge in [-0.1, -0.05) is 19.3 Å². The van der Waals surface area contributed by atoms with Crippen LogP contribution in [0, 0.1) is 13.8 Å². The number of imide groups is 1. The zero-order chi connectivity index (χ0) is 21.0. The lowest BCUT2D eigenvalue weighted by molar-refractivity contribution is -0.127. The third-order valence-electron chi connectivity index (χ3n) is 5.14. The largest absolute Gasteiger partial charge is 0.449 e. The molecule has 1 aromatic carbocycles. The number of aryl methyl sites for hydroxylation is 2. The number of nitrogens with zero attached hydrogens (tertiary/aromatic N) is 2. The van der Waals surface area contributed by atoms with Gasteiger partial charge in [0.05, 0.1) is 28.0 Å². The number of fused-ring (bicyclic) bond motifs is 1. The van der Waals surface area contributed by atoms with Crippen LogP contribution >= 0.6 is 0 Å². The van der Waals surface area contributed by atoms with Crippen LogP contribution < -0.4 is 10.6 Å².